The van der Waals surface area contributed by atoms with Crippen LogP contribution in [-0.2, 0) is 9.53 Å². The Morgan fingerprint density at radius 2 is 1.95 bits per heavy atom. The van der Waals surface area contributed by atoms with Gasteiger partial charge in [-0.05, 0) is 32.6 Å². The average Bonchev–Trinajstić information content (AvgIpc) is 2.83. The van der Waals surface area contributed by atoms with Crippen molar-refractivity contribution in [2.75, 3.05) is 39.3 Å². The van der Waals surface area contributed by atoms with Gasteiger partial charge in [-0.1, -0.05) is 0 Å². The van der Waals surface area contributed by atoms with E-state index in [4.69, 9.17) is 4.74 Å². The number of aliphatic hydroxyl groups is 1. The molecule has 120 valence electrons. The normalized spacial score (nSPS) is 33.8. The second-order valence-corrected chi connectivity index (χ2v) is 7.28. The summed E-state index contributed by atoms with van der Waals surface area (Å²) < 4.78 is 6.03. The minimum absolute atomic E-state index is 0.109. The minimum Gasteiger partial charge on any atom is -0.390 e. The van der Waals surface area contributed by atoms with E-state index < -0.39 is 5.60 Å². The van der Waals surface area contributed by atoms with Crippen LogP contribution in [0.4, 0.5) is 0 Å². The van der Waals surface area contributed by atoms with Crippen molar-refractivity contribution in [2.24, 2.45) is 0 Å². The molecule has 0 aromatic rings. The third-order valence-electron chi connectivity index (χ3n) is 5.38. The van der Waals surface area contributed by atoms with Gasteiger partial charge >= 0.3 is 0 Å². The van der Waals surface area contributed by atoms with Crippen LogP contribution in [0.2, 0.25) is 0 Å². The van der Waals surface area contributed by atoms with Crippen molar-refractivity contribution in [1.82, 2.24) is 9.80 Å². The number of hydrogen-bond donors (Lipinski definition) is 1. The molecule has 3 aliphatic heterocycles. The quantitative estimate of drug-likeness (QED) is 0.844. The molecule has 0 aliphatic carbocycles. The summed E-state index contributed by atoms with van der Waals surface area (Å²) in [6, 6.07) is 0. The summed E-state index contributed by atoms with van der Waals surface area (Å²) in [5.41, 5.74) is -0.676. The summed E-state index contributed by atoms with van der Waals surface area (Å²) in [7, 11) is 0. The Morgan fingerprint density at radius 1 is 1.19 bits per heavy atom. The highest BCUT2D eigenvalue weighted by Gasteiger charge is 2.44. The van der Waals surface area contributed by atoms with Crippen molar-refractivity contribution in [3.8, 4) is 0 Å². The predicted molar refractivity (Wildman–Crippen MR) is 80.0 cm³/mol. The Kier molecular flexibility index (Phi) is 4.26. The number of likely N-dealkylation sites (tertiary alicyclic amines) is 2. The zero-order valence-electron chi connectivity index (χ0n) is 13.1. The van der Waals surface area contributed by atoms with Crippen molar-refractivity contribution in [3.63, 3.8) is 0 Å². The van der Waals surface area contributed by atoms with E-state index in [-0.39, 0.29) is 5.60 Å². The van der Waals surface area contributed by atoms with E-state index in [9.17, 15) is 9.90 Å². The third kappa shape index (κ3) is 3.58. The lowest BCUT2D eigenvalue weighted by atomic mass is 9.78. The number of amides is 1. The lowest BCUT2D eigenvalue weighted by Gasteiger charge is -2.48. The Balaban J connectivity index is 1.45. The maximum atomic E-state index is 11.6. The molecule has 3 heterocycles. The molecular weight excluding hydrogens is 268 g/mol. The van der Waals surface area contributed by atoms with E-state index in [2.05, 4.69) is 4.90 Å². The van der Waals surface area contributed by atoms with Gasteiger partial charge in [-0.3, -0.25) is 4.79 Å². The van der Waals surface area contributed by atoms with Crippen LogP contribution in [0, 0.1) is 0 Å². The monoisotopic (exact) mass is 296 g/mol. The zero-order valence-corrected chi connectivity index (χ0v) is 13.1. The Labute approximate surface area is 127 Å². The molecule has 1 spiro atoms. The maximum absolute atomic E-state index is 11.6. The first-order valence-electron chi connectivity index (χ1n) is 8.35. The van der Waals surface area contributed by atoms with Gasteiger partial charge in [0.05, 0.1) is 17.8 Å². The fourth-order valence-corrected chi connectivity index (χ4v) is 4.03. The molecule has 5 heteroatoms. The van der Waals surface area contributed by atoms with Gasteiger partial charge in [0.1, 0.15) is 0 Å². The van der Waals surface area contributed by atoms with E-state index in [0.717, 1.165) is 71.2 Å². The Morgan fingerprint density at radius 3 is 2.57 bits per heavy atom. The standard InChI is InChI=1S/C16H28N2O3/c1-15(20)6-12-21-16(13-15)4-8-17(9-5-16)10-11-18-7-2-3-14(18)19/h20H,2-13H2,1H3. The van der Waals surface area contributed by atoms with Crippen molar-refractivity contribution in [1.29, 1.82) is 0 Å². The topological polar surface area (TPSA) is 53.0 Å². The summed E-state index contributed by atoms with van der Waals surface area (Å²) >= 11 is 0. The van der Waals surface area contributed by atoms with E-state index in [1.165, 1.54) is 0 Å². The third-order valence-corrected chi connectivity index (χ3v) is 5.38. The van der Waals surface area contributed by atoms with Gasteiger partial charge < -0.3 is 19.6 Å². The molecule has 3 rings (SSSR count). The molecular formula is C16H28N2O3. The van der Waals surface area contributed by atoms with Crippen molar-refractivity contribution < 1.29 is 14.6 Å². The van der Waals surface area contributed by atoms with Crippen LogP contribution < -0.4 is 0 Å². The fraction of sp³-hybridized carbons (Fsp3) is 0.938. The van der Waals surface area contributed by atoms with E-state index in [0.29, 0.717) is 12.5 Å². The number of carbonyl (C=O) groups excluding carboxylic acids is 1. The first-order chi connectivity index (χ1) is 9.98. The number of rotatable bonds is 3. The summed E-state index contributed by atoms with van der Waals surface area (Å²) in [5.74, 6) is 0.315. The largest absolute Gasteiger partial charge is 0.390 e. The second kappa shape index (κ2) is 5.86. The summed E-state index contributed by atoms with van der Waals surface area (Å²) in [5, 5.41) is 10.3. The molecule has 5 nitrogen and oxygen atoms in total. The summed E-state index contributed by atoms with van der Waals surface area (Å²) in [6.07, 6.45) is 5.25. The molecule has 0 saturated carbocycles. The average molecular weight is 296 g/mol. The van der Waals surface area contributed by atoms with E-state index in [1.54, 1.807) is 0 Å². The van der Waals surface area contributed by atoms with Crippen LogP contribution >= 0.6 is 0 Å². The first kappa shape index (κ1) is 15.3. The zero-order chi connectivity index (χ0) is 14.9. The highest BCUT2D eigenvalue weighted by Crippen LogP contribution is 2.39. The molecule has 0 aromatic heterocycles. The van der Waals surface area contributed by atoms with Gasteiger partial charge in [0.15, 0.2) is 0 Å². The van der Waals surface area contributed by atoms with Crippen LogP contribution in [0.3, 0.4) is 0 Å². The number of ether oxygens (including phenoxy) is 1. The van der Waals surface area contributed by atoms with Gasteiger partial charge in [-0.25, -0.2) is 0 Å². The number of carbonyl (C=O) groups is 1. The van der Waals surface area contributed by atoms with E-state index >= 15 is 0 Å². The SMILES string of the molecule is CC1(O)CCOC2(CCN(CCN3CCCC3=O)CC2)C1. The summed E-state index contributed by atoms with van der Waals surface area (Å²) in [6.45, 7) is 7.40. The van der Waals surface area contributed by atoms with Crippen LogP contribution in [0.15, 0.2) is 0 Å². The molecule has 0 radical (unpaired) electrons. The van der Waals surface area contributed by atoms with E-state index in [1.807, 2.05) is 11.8 Å². The first-order valence-corrected chi connectivity index (χ1v) is 8.35. The Hall–Kier alpha value is -0.650. The van der Waals surface area contributed by atoms with Crippen LogP contribution in [0.25, 0.3) is 0 Å². The summed E-state index contributed by atoms with van der Waals surface area (Å²) in [4.78, 5) is 16.0. The van der Waals surface area contributed by atoms with Crippen LogP contribution in [0.1, 0.15) is 45.4 Å². The predicted octanol–water partition coefficient (Wildman–Crippen LogP) is 1.00. The molecule has 1 atom stereocenters. The number of hydrogen-bond acceptors (Lipinski definition) is 4. The van der Waals surface area contributed by atoms with Gasteiger partial charge in [-0.2, -0.15) is 0 Å². The highest BCUT2D eigenvalue weighted by molar-refractivity contribution is 5.78. The molecule has 1 amide bonds. The fourth-order valence-electron chi connectivity index (χ4n) is 4.03. The number of piperidine rings is 1. The maximum Gasteiger partial charge on any atom is 0.222 e. The molecule has 0 aromatic carbocycles. The molecule has 3 saturated heterocycles. The smallest absolute Gasteiger partial charge is 0.222 e. The molecule has 1 unspecified atom stereocenters. The molecule has 21 heavy (non-hydrogen) atoms. The Bertz CT molecular complexity index is 389. The van der Waals surface area contributed by atoms with Gasteiger partial charge in [0.25, 0.3) is 0 Å². The van der Waals surface area contributed by atoms with Gasteiger partial charge in [-0.15, -0.1) is 0 Å². The second-order valence-electron chi connectivity index (χ2n) is 7.28. The van der Waals surface area contributed by atoms with Gasteiger partial charge in [0, 0.05) is 45.6 Å². The van der Waals surface area contributed by atoms with Crippen molar-refractivity contribution >= 4 is 5.91 Å². The van der Waals surface area contributed by atoms with Gasteiger partial charge in [0.2, 0.25) is 5.91 Å². The van der Waals surface area contributed by atoms with Crippen LogP contribution in [-0.4, -0.2) is 71.3 Å². The number of nitrogens with zero attached hydrogens (tertiary/aromatic N) is 2. The lowest BCUT2D eigenvalue weighted by Crippen LogP contribution is -2.54. The van der Waals surface area contributed by atoms with Crippen molar-refractivity contribution in [3.05, 3.63) is 0 Å². The molecule has 3 aliphatic rings. The van der Waals surface area contributed by atoms with Crippen LogP contribution in [0.5, 0.6) is 0 Å². The van der Waals surface area contributed by atoms with Crippen molar-refractivity contribution in [2.45, 2.75) is 56.7 Å². The lowest BCUT2D eigenvalue weighted by molar-refractivity contribution is -0.172. The highest BCUT2D eigenvalue weighted by atomic mass is 16.5. The molecule has 3 fully saturated rings. The minimum atomic E-state index is -0.567. The molecule has 0 bridgehead atoms. The molecule has 1 N–H and O–H groups in total.